The average molecular weight is 347 g/mol. The fourth-order valence-electron chi connectivity index (χ4n) is 3.13. The molecule has 4 nitrogen and oxygen atoms in total. The molecule has 0 radical (unpaired) electrons. The molecule has 2 heterocycles. The summed E-state index contributed by atoms with van der Waals surface area (Å²) in [5, 5.41) is 0. The van der Waals surface area contributed by atoms with Crippen molar-refractivity contribution in [2.24, 2.45) is 13.0 Å². The van der Waals surface area contributed by atoms with Crippen molar-refractivity contribution < 1.29 is 4.79 Å². The average Bonchev–Trinajstić information content (AvgIpc) is 3.03. The van der Waals surface area contributed by atoms with Crippen LogP contribution in [0.3, 0.4) is 0 Å². The van der Waals surface area contributed by atoms with Crippen LogP contribution in [0.5, 0.6) is 0 Å². The largest absolute Gasteiger partial charge is 0.340 e. The molecule has 0 aliphatic rings. The number of nitrogens with zero attached hydrogens (tertiary/aromatic N) is 3. The minimum Gasteiger partial charge on any atom is -0.340 e. The lowest BCUT2D eigenvalue weighted by molar-refractivity contribution is 0.0711. The van der Waals surface area contributed by atoms with Gasteiger partial charge in [-0.2, -0.15) is 0 Å². The molecule has 0 saturated heterocycles. The van der Waals surface area contributed by atoms with Crippen LogP contribution in [0.2, 0.25) is 0 Å². The topological polar surface area (TPSA) is 38.1 Å². The fourth-order valence-corrected chi connectivity index (χ4v) is 3.13. The fraction of sp³-hybridized carbons (Fsp3) is 0.273. The van der Waals surface area contributed by atoms with Gasteiger partial charge in [-0.25, -0.2) is 0 Å². The highest BCUT2D eigenvalue weighted by molar-refractivity contribution is 5.94. The van der Waals surface area contributed by atoms with E-state index in [9.17, 15) is 4.79 Å². The first-order chi connectivity index (χ1) is 12.6. The second kappa shape index (κ2) is 8.00. The third-order valence-electron chi connectivity index (χ3n) is 4.36. The first kappa shape index (κ1) is 17.9. The van der Waals surface area contributed by atoms with Crippen molar-refractivity contribution in [1.82, 2.24) is 14.5 Å². The van der Waals surface area contributed by atoms with Gasteiger partial charge in [-0.1, -0.05) is 50.2 Å². The van der Waals surface area contributed by atoms with Crippen LogP contribution in [0.25, 0.3) is 11.3 Å². The Morgan fingerprint density at radius 1 is 1.04 bits per heavy atom. The summed E-state index contributed by atoms with van der Waals surface area (Å²) >= 11 is 0. The van der Waals surface area contributed by atoms with Gasteiger partial charge in [0.05, 0.1) is 12.2 Å². The number of carbonyl (C=O) groups is 1. The van der Waals surface area contributed by atoms with E-state index < -0.39 is 0 Å². The molecule has 0 unspecified atom stereocenters. The van der Waals surface area contributed by atoms with Crippen LogP contribution in [-0.4, -0.2) is 26.9 Å². The number of benzene rings is 1. The van der Waals surface area contributed by atoms with Crippen molar-refractivity contribution in [2.45, 2.75) is 20.4 Å². The summed E-state index contributed by atoms with van der Waals surface area (Å²) in [4.78, 5) is 19.5. The van der Waals surface area contributed by atoms with Gasteiger partial charge < -0.3 is 9.47 Å². The summed E-state index contributed by atoms with van der Waals surface area (Å²) in [6.07, 6.45) is 1.77. The summed E-state index contributed by atoms with van der Waals surface area (Å²) in [5.74, 6) is 0.422. The molecule has 0 saturated carbocycles. The lowest BCUT2D eigenvalue weighted by Crippen LogP contribution is -2.35. The molecule has 0 atom stereocenters. The number of hydrogen-bond donors (Lipinski definition) is 0. The Morgan fingerprint density at radius 2 is 1.77 bits per heavy atom. The van der Waals surface area contributed by atoms with Crippen molar-refractivity contribution >= 4 is 5.91 Å². The van der Waals surface area contributed by atoms with Crippen LogP contribution >= 0.6 is 0 Å². The second-order valence-corrected chi connectivity index (χ2v) is 6.93. The van der Waals surface area contributed by atoms with Crippen LogP contribution in [-0.2, 0) is 13.6 Å². The SMILES string of the molecule is CC(C)CN(Cc1ccccn1)C(=O)c1ccc(-c2ccccc2)n1C. The summed E-state index contributed by atoms with van der Waals surface area (Å²) in [5.41, 5.74) is 3.74. The highest BCUT2D eigenvalue weighted by atomic mass is 16.2. The maximum absolute atomic E-state index is 13.2. The van der Waals surface area contributed by atoms with Gasteiger partial charge in [0.2, 0.25) is 0 Å². The maximum Gasteiger partial charge on any atom is 0.270 e. The van der Waals surface area contributed by atoms with E-state index in [0.29, 0.717) is 24.7 Å². The maximum atomic E-state index is 13.2. The Morgan fingerprint density at radius 3 is 2.42 bits per heavy atom. The summed E-state index contributed by atoms with van der Waals surface area (Å²) in [6, 6.07) is 19.9. The summed E-state index contributed by atoms with van der Waals surface area (Å²) in [7, 11) is 1.95. The normalized spacial score (nSPS) is 10.9. The first-order valence-corrected chi connectivity index (χ1v) is 8.96. The Labute approximate surface area is 155 Å². The Hall–Kier alpha value is -2.88. The summed E-state index contributed by atoms with van der Waals surface area (Å²) < 4.78 is 1.98. The molecule has 1 aromatic carbocycles. The number of rotatable bonds is 6. The predicted octanol–water partition coefficient (Wildman–Crippen LogP) is 4.39. The quantitative estimate of drug-likeness (QED) is 0.663. The first-order valence-electron chi connectivity index (χ1n) is 8.96. The van der Waals surface area contributed by atoms with Crippen LogP contribution < -0.4 is 0 Å². The minimum absolute atomic E-state index is 0.0361. The number of aromatic nitrogens is 2. The van der Waals surface area contributed by atoms with Crippen molar-refractivity contribution in [3.63, 3.8) is 0 Å². The molecule has 0 fully saturated rings. The monoisotopic (exact) mass is 347 g/mol. The van der Waals surface area contributed by atoms with Crippen LogP contribution in [0.1, 0.15) is 30.0 Å². The summed E-state index contributed by atoms with van der Waals surface area (Å²) in [6.45, 7) is 5.46. The highest BCUT2D eigenvalue weighted by Gasteiger charge is 2.21. The van der Waals surface area contributed by atoms with E-state index in [1.807, 2.05) is 65.0 Å². The van der Waals surface area contributed by atoms with E-state index in [0.717, 1.165) is 17.0 Å². The number of amides is 1. The third-order valence-corrected chi connectivity index (χ3v) is 4.36. The molecule has 0 bridgehead atoms. The van der Waals surface area contributed by atoms with Crippen molar-refractivity contribution in [3.8, 4) is 11.3 Å². The Bertz CT molecular complexity index is 854. The smallest absolute Gasteiger partial charge is 0.270 e. The molecule has 0 spiro atoms. The molecule has 3 aromatic rings. The predicted molar refractivity (Wildman–Crippen MR) is 105 cm³/mol. The van der Waals surface area contributed by atoms with Crippen molar-refractivity contribution in [2.75, 3.05) is 6.54 Å². The van der Waals surface area contributed by atoms with Crippen molar-refractivity contribution in [3.05, 3.63) is 78.2 Å². The number of hydrogen-bond acceptors (Lipinski definition) is 2. The molecule has 1 amide bonds. The minimum atomic E-state index is 0.0361. The zero-order chi connectivity index (χ0) is 18.5. The molecule has 0 aliphatic carbocycles. The molecule has 0 N–H and O–H groups in total. The molecule has 4 heteroatoms. The van der Waals surface area contributed by atoms with Gasteiger partial charge in [0.1, 0.15) is 5.69 Å². The molecular formula is C22H25N3O. The number of carbonyl (C=O) groups excluding carboxylic acids is 1. The lowest BCUT2D eigenvalue weighted by atomic mass is 10.1. The van der Waals surface area contributed by atoms with Crippen LogP contribution in [0, 0.1) is 5.92 Å². The zero-order valence-corrected chi connectivity index (χ0v) is 15.6. The third kappa shape index (κ3) is 4.02. The molecular weight excluding hydrogens is 322 g/mol. The standard InChI is InChI=1S/C22H25N3O/c1-17(2)15-25(16-19-11-7-8-14-23-19)22(26)21-13-12-20(24(21)3)18-9-5-4-6-10-18/h4-14,17H,15-16H2,1-3H3. The second-order valence-electron chi connectivity index (χ2n) is 6.93. The Balaban J connectivity index is 1.88. The van der Waals surface area contributed by atoms with E-state index in [1.54, 1.807) is 6.20 Å². The van der Waals surface area contributed by atoms with Gasteiger partial charge in [0.15, 0.2) is 0 Å². The zero-order valence-electron chi connectivity index (χ0n) is 15.6. The molecule has 0 aliphatic heterocycles. The highest BCUT2D eigenvalue weighted by Crippen LogP contribution is 2.22. The van der Waals surface area contributed by atoms with Gasteiger partial charge in [-0.05, 0) is 35.7 Å². The molecule has 2 aromatic heterocycles. The van der Waals surface area contributed by atoms with Gasteiger partial charge >= 0.3 is 0 Å². The van der Waals surface area contributed by atoms with E-state index in [4.69, 9.17) is 0 Å². The van der Waals surface area contributed by atoms with Gasteiger partial charge in [-0.15, -0.1) is 0 Å². The Kier molecular flexibility index (Phi) is 5.52. The van der Waals surface area contributed by atoms with Crippen molar-refractivity contribution in [1.29, 1.82) is 0 Å². The van der Waals surface area contributed by atoms with Gasteiger partial charge in [-0.3, -0.25) is 9.78 Å². The van der Waals surface area contributed by atoms with E-state index in [2.05, 4.69) is 31.0 Å². The van der Waals surface area contributed by atoms with E-state index in [-0.39, 0.29) is 5.91 Å². The molecule has 3 rings (SSSR count). The van der Waals surface area contributed by atoms with Gasteiger partial charge in [0, 0.05) is 25.5 Å². The van der Waals surface area contributed by atoms with Crippen LogP contribution in [0.15, 0.2) is 66.9 Å². The molecule has 26 heavy (non-hydrogen) atoms. The van der Waals surface area contributed by atoms with Gasteiger partial charge in [0.25, 0.3) is 5.91 Å². The van der Waals surface area contributed by atoms with Crippen LogP contribution in [0.4, 0.5) is 0 Å². The van der Waals surface area contributed by atoms with E-state index >= 15 is 0 Å². The van der Waals surface area contributed by atoms with E-state index in [1.165, 1.54) is 0 Å². The lowest BCUT2D eigenvalue weighted by Gasteiger charge is -2.24. The molecule has 134 valence electrons. The number of pyridine rings is 1.